The molecular formula is C20H27NO4. The van der Waals surface area contributed by atoms with E-state index in [4.69, 9.17) is 0 Å². The Bertz CT molecular complexity index is 756. The van der Waals surface area contributed by atoms with Gasteiger partial charge in [-0.25, -0.2) is 0 Å². The van der Waals surface area contributed by atoms with Crippen LogP contribution in [0.1, 0.15) is 32.6 Å². The van der Waals surface area contributed by atoms with Gasteiger partial charge >= 0.3 is 0 Å². The van der Waals surface area contributed by atoms with Gasteiger partial charge in [-0.2, -0.15) is 0 Å². The van der Waals surface area contributed by atoms with E-state index in [0.717, 1.165) is 31.4 Å². The fourth-order valence-corrected chi connectivity index (χ4v) is 10.7. The molecule has 0 aromatic carbocycles. The summed E-state index contributed by atoms with van der Waals surface area (Å²) in [5.74, 6) is -0.0124. The third kappa shape index (κ3) is 1.02. The van der Waals surface area contributed by atoms with E-state index in [0.29, 0.717) is 18.4 Å². The van der Waals surface area contributed by atoms with Gasteiger partial charge in [0.25, 0.3) is 0 Å². The van der Waals surface area contributed by atoms with Crippen molar-refractivity contribution in [1.82, 2.24) is 4.90 Å². The molecule has 0 aromatic heterocycles. The lowest BCUT2D eigenvalue weighted by molar-refractivity contribution is -0.280. The van der Waals surface area contributed by atoms with Gasteiger partial charge in [-0.05, 0) is 37.0 Å². The van der Waals surface area contributed by atoms with Crippen LogP contribution in [-0.4, -0.2) is 67.9 Å². The first kappa shape index (κ1) is 14.6. The monoisotopic (exact) mass is 345 g/mol. The molecule has 5 heteroatoms. The van der Waals surface area contributed by atoms with Gasteiger partial charge in [-0.15, -0.1) is 0 Å². The van der Waals surface area contributed by atoms with Crippen LogP contribution in [0.2, 0.25) is 0 Å². The van der Waals surface area contributed by atoms with E-state index in [1.54, 1.807) is 0 Å². The lowest BCUT2D eigenvalue weighted by atomic mass is 9.39. The summed E-state index contributed by atoms with van der Waals surface area (Å²) >= 11 is 0. The molecule has 0 amide bonds. The van der Waals surface area contributed by atoms with Crippen molar-refractivity contribution in [3.05, 3.63) is 12.2 Å². The highest BCUT2D eigenvalue weighted by molar-refractivity contribution is 5.48. The smallest absolute Gasteiger partial charge is 0.113 e. The van der Waals surface area contributed by atoms with Gasteiger partial charge in [-0.1, -0.05) is 19.1 Å². The van der Waals surface area contributed by atoms with Gasteiger partial charge < -0.3 is 20.4 Å². The molecule has 3 heterocycles. The lowest BCUT2D eigenvalue weighted by Gasteiger charge is -2.67. The normalized spacial score (nSPS) is 76.5. The Morgan fingerprint density at radius 3 is 2.64 bits per heavy atom. The van der Waals surface area contributed by atoms with Crippen molar-refractivity contribution in [3.63, 3.8) is 0 Å². The summed E-state index contributed by atoms with van der Waals surface area (Å²) in [5, 5.41) is 45.4. The molecule has 3 saturated heterocycles. The minimum atomic E-state index is -1.16. The first-order chi connectivity index (χ1) is 11.7. The predicted octanol–water partition coefficient (Wildman–Crippen LogP) is -0.121. The molecule has 9 rings (SSSR count). The minimum absolute atomic E-state index is 0.0188. The van der Waals surface area contributed by atoms with Crippen molar-refractivity contribution in [2.75, 3.05) is 6.54 Å². The Labute approximate surface area is 147 Å². The second-order valence-corrected chi connectivity index (χ2v) is 10.9. The molecule has 1 unspecified atom stereocenters. The fourth-order valence-electron chi connectivity index (χ4n) is 10.7. The summed E-state index contributed by atoms with van der Waals surface area (Å²) < 4.78 is 0. The molecule has 0 radical (unpaired) electrons. The van der Waals surface area contributed by atoms with E-state index >= 15 is 0 Å². The number of rotatable bonds is 0. The Morgan fingerprint density at radius 1 is 1.12 bits per heavy atom. The zero-order valence-electron chi connectivity index (χ0n) is 14.6. The van der Waals surface area contributed by atoms with Gasteiger partial charge in [0.15, 0.2) is 0 Å². The van der Waals surface area contributed by atoms with E-state index in [9.17, 15) is 20.4 Å². The highest BCUT2D eigenvalue weighted by atomic mass is 16.4. The van der Waals surface area contributed by atoms with E-state index in [1.165, 1.54) is 0 Å². The van der Waals surface area contributed by atoms with E-state index in [-0.39, 0.29) is 28.9 Å². The number of aliphatic hydroxyl groups excluding tert-OH is 3. The van der Waals surface area contributed by atoms with Gasteiger partial charge in [-0.3, -0.25) is 4.90 Å². The molecule has 25 heavy (non-hydrogen) atoms. The first-order valence-corrected chi connectivity index (χ1v) is 9.92. The molecule has 0 aromatic rings. The maximum absolute atomic E-state index is 12.1. The van der Waals surface area contributed by atoms with E-state index in [1.807, 2.05) is 0 Å². The largest absolute Gasteiger partial charge is 0.393 e. The zero-order chi connectivity index (χ0) is 17.3. The molecular weight excluding hydrogens is 318 g/mol. The van der Waals surface area contributed by atoms with Crippen LogP contribution in [0.3, 0.4) is 0 Å². The Kier molecular flexibility index (Phi) is 2.04. The first-order valence-electron chi connectivity index (χ1n) is 9.92. The summed E-state index contributed by atoms with van der Waals surface area (Å²) in [6, 6.07) is 0.320. The molecule has 13 atom stereocenters. The minimum Gasteiger partial charge on any atom is -0.393 e. The molecule has 9 bridgehead atoms. The lowest BCUT2D eigenvalue weighted by Crippen LogP contribution is -2.76. The topological polar surface area (TPSA) is 84.2 Å². The number of fused-ring (bicyclic) bond motifs is 1. The highest BCUT2D eigenvalue weighted by Gasteiger charge is 2.94. The second-order valence-electron chi connectivity index (χ2n) is 10.9. The number of hydrogen-bond acceptors (Lipinski definition) is 5. The molecule has 9 aliphatic rings. The maximum atomic E-state index is 12.1. The number of hydrogen-bond donors (Lipinski definition) is 4. The van der Waals surface area contributed by atoms with Gasteiger partial charge in [0.2, 0.25) is 0 Å². The van der Waals surface area contributed by atoms with Crippen LogP contribution in [0, 0.1) is 34.0 Å². The van der Waals surface area contributed by atoms with Crippen LogP contribution in [0.25, 0.3) is 0 Å². The van der Waals surface area contributed by atoms with Crippen LogP contribution in [0.5, 0.6) is 0 Å². The van der Waals surface area contributed by atoms with Gasteiger partial charge in [0.1, 0.15) is 5.60 Å². The molecule has 6 aliphatic carbocycles. The van der Waals surface area contributed by atoms with Crippen molar-refractivity contribution in [2.24, 2.45) is 34.0 Å². The average Bonchev–Trinajstić information content (AvgIpc) is 2.90. The van der Waals surface area contributed by atoms with Crippen LogP contribution in [0.4, 0.5) is 0 Å². The molecule has 6 saturated carbocycles. The van der Waals surface area contributed by atoms with Crippen molar-refractivity contribution in [2.45, 2.75) is 68.6 Å². The molecule has 4 N–H and O–H groups in total. The summed E-state index contributed by atoms with van der Waals surface area (Å²) in [5.41, 5.74) is -0.886. The van der Waals surface area contributed by atoms with Crippen LogP contribution < -0.4 is 0 Å². The summed E-state index contributed by atoms with van der Waals surface area (Å²) in [4.78, 5) is 2.49. The molecule has 136 valence electrons. The van der Waals surface area contributed by atoms with Crippen molar-refractivity contribution in [1.29, 1.82) is 0 Å². The third-order valence-corrected chi connectivity index (χ3v) is 10.3. The average molecular weight is 345 g/mol. The molecule has 2 spiro atoms. The fraction of sp³-hybridized carbons (Fsp3) is 0.900. The van der Waals surface area contributed by atoms with Crippen molar-refractivity contribution >= 4 is 0 Å². The molecule has 3 aliphatic heterocycles. The summed E-state index contributed by atoms with van der Waals surface area (Å²) in [6.45, 7) is 7.38. The van der Waals surface area contributed by atoms with Crippen LogP contribution in [-0.2, 0) is 0 Å². The Hall–Kier alpha value is -0.460. The summed E-state index contributed by atoms with van der Waals surface area (Å²) in [6.07, 6.45) is 1.15. The number of aliphatic hydroxyl groups is 4. The Balaban J connectivity index is 1.57. The van der Waals surface area contributed by atoms with Gasteiger partial charge in [0, 0.05) is 41.3 Å². The second kappa shape index (κ2) is 3.49. The standard InChI is InChI=1S/C20H27NO4/c1-8-3-18-6-10-13-17(2)4-9(22)5-19(13)14(18)12(23)11(8)15(24)20(18,25)16(19)21(10)7-17/h9-16,22-25H,1,3-7H2,2H3/t9-,10-,11-,12+,13+,14-,15-,16-,17-,18-,19-,20+/m0/s1. The SMILES string of the molecule is C=C1C[C@]23C[C@H]4[C@@H]5[C@@]6(C)C[C@H](O)C[C@@]57[C@H]2[C@H](O)[C@H]1[C@H](O)[C@@]3(O)[C@H]7N4C6. The van der Waals surface area contributed by atoms with Crippen molar-refractivity contribution < 1.29 is 20.4 Å². The van der Waals surface area contributed by atoms with Gasteiger partial charge in [0.05, 0.1) is 18.3 Å². The molecule has 5 nitrogen and oxygen atoms in total. The number of nitrogens with zero attached hydrogens (tertiary/aromatic N) is 1. The van der Waals surface area contributed by atoms with E-state index < -0.39 is 29.1 Å². The van der Waals surface area contributed by atoms with Crippen molar-refractivity contribution in [3.8, 4) is 0 Å². The third-order valence-electron chi connectivity index (χ3n) is 10.3. The predicted molar refractivity (Wildman–Crippen MR) is 88.3 cm³/mol. The quantitative estimate of drug-likeness (QED) is 0.460. The zero-order valence-corrected chi connectivity index (χ0v) is 14.6. The summed E-state index contributed by atoms with van der Waals surface area (Å²) in [7, 11) is 0. The van der Waals surface area contributed by atoms with E-state index in [2.05, 4.69) is 18.4 Å². The Morgan fingerprint density at radius 2 is 1.88 bits per heavy atom. The highest BCUT2D eigenvalue weighted by Crippen LogP contribution is 2.87. The van der Waals surface area contributed by atoms with Crippen LogP contribution >= 0.6 is 0 Å². The molecule has 9 fully saturated rings. The number of piperidine rings is 2. The van der Waals surface area contributed by atoms with Crippen LogP contribution in [0.15, 0.2) is 12.2 Å². The maximum Gasteiger partial charge on any atom is 0.113 e.